The van der Waals surface area contributed by atoms with Crippen molar-refractivity contribution in [2.75, 3.05) is 26.2 Å². The fourth-order valence-corrected chi connectivity index (χ4v) is 1.48. The molecular formula is C14H32N2O. The first-order chi connectivity index (χ1) is 8.13. The minimum absolute atomic E-state index is 0.114. The van der Waals surface area contributed by atoms with E-state index in [4.69, 9.17) is 0 Å². The molecule has 1 amide bonds. The van der Waals surface area contributed by atoms with Gasteiger partial charge in [0.15, 0.2) is 0 Å². The predicted molar refractivity (Wildman–Crippen MR) is 76.2 cm³/mol. The molecule has 0 saturated heterocycles. The van der Waals surface area contributed by atoms with Crippen LogP contribution in [0.4, 0.5) is 0 Å². The second kappa shape index (κ2) is 13.5. The van der Waals surface area contributed by atoms with E-state index in [1.54, 1.807) is 0 Å². The monoisotopic (exact) mass is 244 g/mol. The van der Waals surface area contributed by atoms with Crippen molar-refractivity contribution in [2.24, 2.45) is 5.92 Å². The third kappa shape index (κ3) is 10.3. The Balaban J connectivity index is 0. The largest absolute Gasteiger partial charge is 0.341 e. The first-order valence-corrected chi connectivity index (χ1v) is 7.12. The molecule has 3 heteroatoms. The summed E-state index contributed by atoms with van der Waals surface area (Å²) < 4.78 is 0. The van der Waals surface area contributed by atoms with E-state index in [1.165, 1.54) is 0 Å². The maximum Gasteiger partial charge on any atom is 0.225 e. The molecule has 0 aliphatic rings. The number of hydrogen-bond acceptors (Lipinski definition) is 2. The molecule has 1 N–H and O–H groups in total. The summed E-state index contributed by atoms with van der Waals surface area (Å²) in [5, 5.41) is 3.32. The fourth-order valence-electron chi connectivity index (χ4n) is 1.48. The Morgan fingerprint density at radius 2 is 1.65 bits per heavy atom. The van der Waals surface area contributed by atoms with Crippen LogP contribution < -0.4 is 5.32 Å². The number of nitrogens with one attached hydrogen (secondary N) is 1. The summed E-state index contributed by atoms with van der Waals surface area (Å²) in [5.41, 5.74) is 0. The smallest absolute Gasteiger partial charge is 0.225 e. The van der Waals surface area contributed by atoms with Gasteiger partial charge < -0.3 is 10.2 Å². The summed E-state index contributed by atoms with van der Waals surface area (Å²) in [7, 11) is 0. The summed E-state index contributed by atoms with van der Waals surface area (Å²) in [6.07, 6.45) is 2.18. The van der Waals surface area contributed by atoms with E-state index in [2.05, 4.69) is 19.2 Å². The molecule has 0 unspecified atom stereocenters. The average molecular weight is 244 g/mol. The lowest BCUT2D eigenvalue weighted by Crippen LogP contribution is -2.39. The van der Waals surface area contributed by atoms with Crippen LogP contribution in [0.1, 0.15) is 54.4 Å². The van der Waals surface area contributed by atoms with Crippen molar-refractivity contribution in [3.63, 3.8) is 0 Å². The molecule has 0 spiro atoms. The molecule has 0 atom stereocenters. The van der Waals surface area contributed by atoms with Gasteiger partial charge in [-0.25, -0.2) is 0 Å². The number of hydrogen-bond donors (Lipinski definition) is 1. The van der Waals surface area contributed by atoms with Gasteiger partial charge in [-0.15, -0.1) is 0 Å². The van der Waals surface area contributed by atoms with Gasteiger partial charge in [0.2, 0.25) is 5.91 Å². The van der Waals surface area contributed by atoms with Gasteiger partial charge >= 0.3 is 0 Å². The predicted octanol–water partition coefficient (Wildman–Crippen LogP) is 2.91. The number of carbonyl (C=O) groups excluding carboxylic acids is 1. The SMILES string of the molecule is CC.CCCNCCN(CCC)C(=O)C(C)C. The van der Waals surface area contributed by atoms with Crippen molar-refractivity contribution in [1.82, 2.24) is 10.2 Å². The quantitative estimate of drug-likeness (QED) is 0.666. The minimum Gasteiger partial charge on any atom is -0.341 e. The van der Waals surface area contributed by atoms with Gasteiger partial charge in [0.1, 0.15) is 0 Å². The van der Waals surface area contributed by atoms with E-state index in [0.717, 1.165) is 39.0 Å². The first kappa shape index (κ1) is 18.8. The van der Waals surface area contributed by atoms with E-state index in [1.807, 2.05) is 32.6 Å². The Morgan fingerprint density at radius 1 is 1.06 bits per heavy atom. The molecule has 0 aromatic rings. The van der Waals surface area contributed by atoms with Crippen LogP contribution in [0.15, 0.2) is 0 Å². The van der Waals surface area contributed by atoms with E-state index < -0.39 is 0 Å². The van der Waals surface area contributed by atoms with Crippen LogP contribution in [0.5, 0.6) is 0 Å². The maximum absolute atomic E-state index is 11.8. The van der Waals surface area contributed by atoms with Crippen molar-refractivity contribution in [2.45, 2.75) is 54.4 Å². The third-order valence-electron chi connectivity index (χ3n) is 2.28. The van der Waals surface area contributed by atoms with Gasteiger partial charge in [0.05, 0.1) is 0 Å². The molecular weight excluding hydrogens is 212 g/mol. The summed E-state index contributed by atoms with van der Waals surface area (Å²) >= 11 is 0. The van der Waals surface area contributed by atoms with Crippen molar-refractivity contribution < 1.29 is 4.79 Å². The summed E-state index contributed by atoms with van der Waals surface area (Å²) in [4.78, 5) is 13.8. The van der Waals surface area contributed by atoms with Crippen molar-refractivity contribution in [3.05, 3.63) is 0 Å². The van der Waals surface area contributed by atoms with Crippen LogP contribution in [-0.2, 0) is 4.79 Å². The number of rotatable bonds is 8. The van der Waals surface area contributed by atoms with E-state index in [-0.39, 0.29) is 11.8 Å². The minimum atomic E-state index is 0.114. The Bertz CT molecular complexity index is 170. The Morgan fingerprint density at radius 3 is 2.06 bits per heavy atom. The highest BCUT2D eigenvalue weighted by atomic mass is 16.2. The normalized spacial score (nSPS) is 9.82. The summed E-state index contributed by atoms with van der Waals surface area (Å²) in [6.45, 7) is 15.9. The maximum atomic E-state index is 11.8. The topological polar surface area (TPSA) is 32.3 Å². The Hall–Kier alpha value is -0.570. The van der Waals surface area contributed by atoms with E-state index in [9.17, 15) is 4.79 Å². The third-order valence-corrected chi connectivity index (χ3v) is 2.28. The van der Waals surface area contributed by atoms with Gasteiger partial charge in [0.25, 0.3) is 0 Å². The van der Waals surface area contributed by atoms with Crippen LogP contribution in [0.2, 0.25) is 0 Å². The molecule has 0 aromatic carbocycles. The van der Waals surface area contributed by atoms with Gasteiger partial charge in [-0.3, -0.25) is 4.79 Å². The molecule has 3 nitrogen and oxygen atoms in total. The van der Waals surface area contributed by atoms with Crippen LogP contribution in [0, 0.1) is 5.92 Å². The van der Waals surface area contributed by atoms with Crippen molar-refractivity contribution in [1.29, 1.82) is 0 Å². The van der Waals surface area contributed by atoms with E-state index in [0.29, 0.717) is 0 Å². The highest BCUT2D eigenvalue weighted by molar-refractivity contribution is 5.78. The van der Waals surface area contributed by atoms with Gasteiger partial charge in [0, 0.05) is 25.6 Å². The Labute approximate surface area is 108 Å². The lowest BCUT2D eigenvalue weighted by atomic mass is 10.2. The molecule has 104 valence electrons. The molecule has 0 aliphatic carbocycles. The van der Waals surface area contributed by atoms with Crippen molar-refractivity contribution >= 4 is 5.91 Å². The molecule has 0 rings (SSSR count). The van der Waals surface area contributed by atoms with Crippen LogP contribution in [0.3, 0.4) is 0 Å². The molecule has 0 radical (unpaired) electrons. The zero-order valence-corrected chi connectivity index (χ0v) is 12.7. The zero-order valence-electron chi connectivity index (χ0n) is 12.7. The lowest BCUT2D eigenvalue weighted by Gasteiger charge is -2.24. The molecule has 0 fully saturated rings. The molecule has 17 heavy (non-hydrogen) atoms. The summed E-state index contributed by atoms with van der Waals surface area (Å²) in [6, 6.07) is 0. The van der Waals surface area contributed by atoms with Gasteiger partial charge in [-0.05, 0) is 19.4 Å². The summed E-state index contributed by atoms with van der Waals surface area (Å²) in [5.74, 6) is 0.387. The Kier molecular flexibility index (Phi) is 14.9. The second-order valence-corrected chi connectivity index (χ2v) is 4.23. The molecule has 0 bridgehead atoms. The van der Waals surface area contributed by atoms with Crippen LogP contribution in [0.25, 0.3) is 0 Å². The van der Waals surface area contributed by atoms with Crippen LogP contribution >= 0.6 is 0 Å². The first-order valence-electron chi connectivity index (χ1n) is 7.12. The van der Waals surface area contributed by atoms with Gasteiger partial charge in [-0.1, -0.05) is 41.5 Å². The second-order valence-electron chi connectivity index (χ2n) is 4.23. The van der Waals surface area contributed by atoms with Crippen LogP contribution in [-0.4, -0.2) is 37.0 Å². The lowest BCUT2D eigenvalue weighted by molar-refractivity contribution is -0.134. The molecule has 0 saturated carbocycles. The molecule has 0 aromatic heterocycles. The molecule has 0 aliphatic heterocycles. The fraction of sp³-hybridized carbons (Fsp3) is 0.929. The standard InChI is InChI=1S/C12H26N2O.C2H6/c1-5-7-13-8-10-14(9-6-2)12(15)11(3)4;1-2/h11,13H,5-10H2,1-4H3;1-2H3. The zero-order chi connectivity index (χ0) is 13.7. The highest BCUT2D eigenvalue weighted by Crippen LogP contribution is 2.01. The number of nitrogens with zero attached hydrogens (tertiary/aromatic N) is 1. The number of amides is 1. The average Bonchev–Trinajstić information content (AvgIpc) is 2.34. The molecule has 0 heterocycles. The van der Waals surface area contributed by atoms with E-state index >= 15 is 0 Å². The number of carbonyl (C=O) groups is 1. The van der Waals surface area contributed by atoms with Gasteiger partial charge in [-0.2, -0.15) is 0 Å². The highest BCUT2D eigenvalue weighted by Gasteiger charge is 2.15. The van der Waals surface area contributed by atoms with Crippen molar-refractivity contribution in [3.8, 4) is 0 Å².